The van der Waals surface area contributed by atoms with Crippen LogP contribution in [-0.2, 0) is 11.2 Å². The van der Waals surface area contributed by atoms with E-state index in [0.29, 0.717) is 13.2 Å². The number of ether oxygens (including phenoxy) is 1. The van der Waals surface area contributed by atoms with Gasteiger partial charge < -0.3 is 20.1 Å². The van der Waals surface area contributed by atoms with Gasteiger partial charge in [0.2, 0.25) is 0 Å². The fraction of sp³-hybridized carbons (Fsp3) is 0.467. The maximum absolute atomic E-state index is 11.7. The van der Waals surface area contributed by atoms with Crippen molar-refractivity contribution in [3.63, 3.8) is 0 Å². The molecule has 0 saturated carbocycles. The molecule has 0 spiro atoms. The lowest BCUT2D eigenvalue weighted by atomic mass is 10.2. The molecule has 0 radical (unpaired) electrons. The van der Waals surface area contributed by atoms with Crippen LogP contribution in [0.25, 0.3) is 0 Å². The van der Waals surface area contributed by atoms with Gasteiger partial charge >= 0.3 is 12.0 Å². The largest absolute Gasteiger partial charge is 0.492 e. The molecule has 0 bridgehead atoms. The lowest BCUT2D eigenvalue weighted by Gasteiger charge is -2.19. The first-order chi connectivity index (χ1) is 9.93. The van der Waals surface area contributed by atoms with Crippen molar-refractivity contribution in [2.24, 2.45) is 0 Å². The maximum Gasteiger partial charge on any atom is 0.325 e. The number of carboxylic acids is 1. The Kier molecular flexibility index (Phi) is 6.52. The Bertz CT molecular complexity index is 490. The third-order valence-electron chi connectivity index (χ3n) is 3.06. The Morgan fingerprint density at radius 3 is 2.76 bits per heavy atom. The van der Waals surface area contributed by atoms with Crippen LogP contribution in [0.4, 0.5) is 4.79 Å². The van der Waals surface area contributed by atoms with Gasteiger partial charge in [0, 0.05) is 7.05 Å². The van der Waals surface area contributed by atoms with Crippen molar-refractivity contribution in [2.75, 3.05) is 20.2 Å². The van der Waals surface area contributed by atoms with Crippen LogP contribution in [0.15, 0.2) is 24.3 Å². The zero-order valence-corrected chi connectivity index (χ0v) is 12.6. The number of carbonyl (C=O) groups excluding carboxylic acids is 1. The van der Waals surface area contributed by atoms with Crippen LogP contribution in [0.3, 0.4) is 0 Å². The minimum Gasteiger partial charge on any atom is -0.492 e. The second-order valence-electron chi connectivity index (χ2n) is 4.78. The number of carboxylic acid groups (broad SMARTS) is 1. The maximum atomic E-state index is 11.7. The molecule has 0 aliphatic heterocycles. The monoisotopic (exact) mass is 294 g/mol. The Hall–Kier alpha value is -2.24. The minimum absolute atomic E-state index is 0.346. The normalized spacial score (nSPS) is 11.6. The molecular formula is C15H22N2O4. The van der Waals surface area contributed by atoms with E-state index in [4.69, 9.17) is 9.84 Å². The van der Waals surface area contributed by atoms with E-state index in [1.165, 1.54) is 17.4 Å². The molecule has 1 aromatic rings. The van der Waals surface area contributed by atoms with Crippen LogP contribution in [0.5, 0.6) is 5.75 Å². The number of hydrogen-bond donors (Lipinski definition) is 2. The summed E-state index contributed by atoms with van der Waals surface area (Å²) in [6.07, 6.45) is 0.937. The topological polar surface area (TPSA) is 78.9 Å². The number of rotatable bonds is 7. The highest BCUT2D eigenvalue weighted by Gasteiger charge is 2.16. The van der Waals surface area contributed by atoms with E-state index in [1.807, 2.05) is 24.3 Å². The third-order valence-corrected chi connectivity index (χ3v) is 3.06. The van der Waals surface area contributed by atoms with Gasteiger partial charge in [-0.2, -0.15) is 0 Å². The van der Waals surface area contributed by atoms with Crippen LogP contribution < -0.4 is 10.1 Å². The predicted molar refractivity (Wildman–Crippen MR) is 79.6 cm³/mol. The summed E-state index contributed by atoms with van der Waals surface area (Å²) in [7, 11) is 1.59. The molecule has 6 heteroatoms. The summed E-state index contributed by atoms with van der Waals surface area (Å²) in [5.74, 6) is -0.300. The van der Waals surface area contributed by atoms with Gasteiger partial charge in [0.15, 0.2) is 0 Å². The van der Waals surface area contributed by atoms with Gasteiger partial charge in [-0.1, -0.05) is 19.1 Å². The van der Waals surface area contributed by atoms with E-state index in [9.17, 15) is 9.59 Å². The van der Waals surface area contributed by atoms with Gasteiger partial charge in [0.1, 0.15) is 18.4 Å². The number of aliphatic carboxylic acids is 1. The average molecular weight is 294 g/mol. The molecule has 0 fully saturated rings. The van der Waals surface area contributed by atoms with E-state index in [1.54, 1.807) is 7.05 Å². The smallest absolute Gasteiger partial charge is 0.325 e. The molecular weight excluding hydrogens is 272 g/mol. The first kappa shape index (κ1) is 16.8. The molecule has 1 aromatic carbocycles. The molecule has 6 nitrogen and oxygen atoms in total. The number of carbonyl (C=O) groups is 2. The number of nitrogens with zero attached hydrogens (tertiary/aromatic N) is 1. The molecule has 116 valence electrons. The van der Waals surface area contributed by atoms with Crippen molar-refractivity contribution in [3.05, 3.63) is 29.8 Å². The SMILES string of the molecule is CCc1cccc(OCCN(C)C(=O)N[C@H](C)C(=O)O)c1. The number of amides is 2. The highest BCUT2D eigenvalue weighted by molar-refractivity contribution is 5.82. The number of hydrogen-bond acceptors (Lipinski definition) is 3. The molecule has 1 rings (SSSR count). The molecule has 2 N–H and O–H groups in total. The molecule has 0 aromatic heterocycles. The van der Waals surface area contributed by atoms with Gasteiger partial charge in [0.25, 0.3) is 0 Å². The van der Waals surface area contributed by atoms with Crippen molar-refractivity contribution < 1.29 is 19.4 Å². The summed E-state index contributed by atoms with van der Waals surface area (Å²) in [6.45, 7) is 4.20. The molecule has 0 aliphatic rings. The van der Waals surface area contributed by atoms with Crippen molar-refractivity contribution in [1.82, 2.24) is 10.2 Å². The van der Waals surface area contributed by atoms with Crippen molar-refractivity contribution >= 4 is 12.0 Å². The Morgan fingerprint density at radius 2 is 2.14 bits per heavy atom. The summed E-state index contributed by atoms with van der Waals surface area (Å²) < 4.78 is 5.58. The van der Waals surface area contributed by atoms with E-state index in [-0.39, 0.29) is 0 Å². The van der Waals surface area contributed by atoms with Crippen molar-refractivity contribution in [2.45, 2.75) is 26.3 Å². The van der Waals surface area contributed by atoms with Crippen LogP contribution in [0.1, 0.15) is 19.4 Å². The predicted octanol–water partition coefficient (Wildman–Crippen LogP) is 1.74. The molecule has 2 amide bonds. The Balaban J connectivity index is 2.37. The molecule has 0 saturated heterocycles. The third kappa shape index (κ3) is 5.72. The number of likely N-dealkylation sites (N-methyl/N-ethyl adjacent to an activating group) is 1. The molecule has 1 atom stereocenters. The fourth-order valence-electron chi connectivity index (χ4n) is 1.61. The van der Waals surface area contributed by atoms with Crippen LogP contribution in [0.2, 0.25) is 0 Å². The van der Waals surface area contributed by atoms with Crippen LogP contribution in [0, 0.1) is 0 Å². The molecule has 0 unspecified atom stereocenters. The van der Waals surface area contributed by atoms with E-state index >= 15 is 0 Å². The van der Waals surface area contributed by atoms with Gasteiger partial charge in [-0.25, -0.2) is 4.79 Å². The van der Waals surface area contributed by atoms with Crippen LogP contribution in [-0.4, -0.2) is 48.2 Å². The van der Waals surface area contributed by atoms with E-state index in [0.717, 1.165) is 12.2 Å². The highest BCUT2D eigenvalue weighted by atomic mass is 16.5. The fourth-order valence-corrected chi connectivity index (χ4v) is 1.61. The van der Waals surface area contributed by atoms with Crippen LogP contribution >= 0.6 is 0 Å². The first-order valence-corrected chi connectivity index (χ1v) is 6.90. The average Bonchev–Trinajstić information content (AvgIpc) is 2.47. The second kappa shape index (κ2) is 8.14. The summed E-state index contributed by atoms with van der Waals surface area (Å²) >= 11 is 0. The standard InChI is InChI=1S/C15H22N2O4/c1-4-12-6-5-7-13(10-12)21-9-8-17(3)15(20)16-11(2)14(18)19/h5-7,10-11H,4,8-9H2,1-3H3,(H,16,20)(H,18,19)/t11-/m1/s1. The summed E-state index contributed by atoms with van der Waals surface area (Å²) in [4.78, 5) is 23.7. The van der Waals surface area contributed by atoms with Gasteiger partial charge in [0.05, 0.1) is 6.54 Å². The summed E-state index contributed by atoms with van der Waals surface area (Å²) in [5, 5.41) is 11.1. The first-order valence-electron chi connectivity index (χ1n) is 6.90. The van der Waals surface area contributed by atoms with Gasteiger partial charge in [-0.05, 0) is 31.0 Å². The number of nitrogens with one attached hydrogen (secondary N) is 1. The van der Waals surface area contributed by atoms with E-state index in [2.05, 4.69) is 12.2 Å². The van der Waals surface area contributed by atoms with Crippen molar-refractivity contribution in [3.8, 4) is 5.75 Å². The Labute approximate surface area is 124 Å². The van der Waals surface area contributed by atoms with Gasteiger partial charge in [-0.15, -0.1) is 0 Å². The molecule has 0 heterocycles. The number of aryl methyl sites for hydroxylation is 1. The molecule has 0 aliphatic carbocycles. The second-order valence-corrected chi connectivity index (χ2v) is 4.78. The minimum atomic E-state index is -1.07. The lowest BCUT2D eigenvalue weighted by Crippen LogP contribution is -2.46. The van der Waals surface area contributed by atoms with Crippen molar-refractivity contribution in [1.29, 1.82) is 0 Å². The zero-order valence-electron chi connectivity index (χ0n) is 12.6. The highest BCUT2D eigenvalue weighted by Crippen LogP contribution is 2.13. The zero-order chi connectivity index (χ0) is 15.8. The van der Waals surface area contributed by atoms with E-state index < -0.39 is 18.0 Å². The Morgan fingerprint density at radius 1 is 1.43 bits per heavy atom. The number of benzene rings is 1. The quantitative estimate of drug-likeness (QED) is 0.803. The lowest BCUT2D eigenvalue weighted by molar-refractivity contribution is -0.138. The molecule has 21 heavy (non-hydrogen) atoms. The van der Waals surface area contributed by atoms with Gasteiger partial charge in [-0.3, -0.25) is 4.79 Å². The number of urea groups is 1. The summed E-state index contributed by atoms with van der Waals surface area (Å²) in [6, 6.07) is 6.44. The summed E-state index contributed by atoms with van der Waals surface area (Å²) in [5.41, 5.74) is 1.19.